The summed E-state index contributed by atoms with van der Waals surface area (Å²) >= 11 is 3.31. The van der Waals surface area contributed by atoms with E-state index in [-0.39, 0.29) is 5.41 Å². The highest BCUT2D eigenvalue weighted by Crippen LogP contribution is 2.20. The highest BCUT2D eigenvalue weighted by atomic mass is 79.9. The Hall–Kier alpha value is -0.840. The van der Waals surface area contributed by atoms with Crippen molar-refractivity contribution in [1.29, 1.82) is 5.59 Å². The van der Waals surface area contributed by atoms with Gasteiger partial charge in [0.05, 0.1) is 5.33 Å². The van der Waals surface area contributed by atoms with Crippen LogP contribution in [0.3, 0.4) is 0 Å². The van der Waals surface area contributed by atoms with Crippen molar-refractivity contribution in [3.05, 3.63) is 28.7 Å². The Labute approximate surface area is 106 Å². The standard InChI is InChI=1S/C9H13BrN2.C2H6.HNO/c1-9(2,3)7-5-11-8(4-10)12-6-7;2*1-2/h5-6H,4H2,1-3H3;1-2H3;1H. The smallest absolute Gasteiger partial charge is 0.138 e. The van der Waals surface area contributed by atoms with Gasteiger partial charge in [-0.05, 0) is 11.0 Å². The predicted octanol–water partition coefficient (Wildman–Crippen LogP) is 4.03. The molecule has 1 aromatic heterocycles. The zero-order valence-electron chi connectivity index (χ0n) is 10.5. The van der Waals surface area contributed by atoms with Gasteiger partial charge in [0.25, 0.3) is 0 Å². The molecule has 1 heterocycles. The van der Waals surface area contributed by atoms with Crippen molar-refractivity contribution in [1.82, 2.24) is 9.97 Å². The van der Waals surface area contributed by atoms with Crippen molar-refractivity contribution in [2.45, 2.75) is 45.4 Å². The van der Waals surface area contributed by atoms with E-state index in [2.05, 4.69) is 52.3 Å². The Morgan fingerprint density at radius 1 is 1.19 bits per heavy atom. The average molecular weight is 290 g/mol. The molecule has 5 heteroatoms. The van der Waals surface area contributed by atoms with Crippen molar-refractivity contribution in [2.75, 3.05) is 0 Å². The summed E-state index contributed by atoms with van der Waals surface area (Å²) in [7, 11) is 0. The molecule has 1 rings (SSSR count). The molecule has 4 nitrogen and oxygen atoms in total. The molecular weight excluding hydrogens is 270 g/mol. The van der Waals surface area contributed by atoms with E-state index >= 15 is 0 Å². The Morgan fingerprint density at radius 3 is 1.81 bits per heavy atom. The molecule has 0 saturated carbocycles. The topological polar surface area (TPSA) is 66.7 Å². The van der Waals surface area contributed by atoms with E-state index in [0.717, 1.165) is 11.2 Å². The maximum atomic E-state index is 7.50. The molecule has 0 amide bonds. The zero-order chi connectivity index (χ0) is 13.2. The van der Waals surface area contributed by atoms with Gasteiger partial charge in [0.1, 0.15) is 5.82 Å². The number of hydrogen-bond donors (Lipinski definition) is 1. The van der Waals surface area contributed by atoms with Crippen LogP contribution in [0.1, 0.15) is 46.0 Å². The van der Waals surface area contributed by atoms with Gasteiger partial charge in [0.2, 0.25) is 0 Å². The lowest BCUT2D eigenvalue weighted by molar-refractivity contribution is 0.583. The first kappa shape index (κ1) is 17.6. The summed E-state index contributed by atoms with van der Waals surface area (Å²) < 4.78 is 0. The quantitative estimate of drug-likeness (QED) is 0.627. The molecule has 0 aliphatic rings. The molecule has 0 aliphatic carbocycles. The second-order valence-corrected chi connectivity index (χ2v) is 4.33. The molecule has 1 aromatic rings. The van der Waals surface area contributed by atoms with E-state index in [4.69, 9.17) is 4.91 Å². The van der Waals surface area contributed by atoms with E-state index in [9.17, 15) is 0 Å². The number of nitrogens with one attached hydrogen (secondary N) is 1. The Balaban J connectivity index is 0. The fourth-order valence-corrected chi connectivity index (χ4v) is 1.10. The molecular formula is C11H20BrN3O. The summed E-state index contributed by atoms with van der Waals surface area (Å²) in [5.41, 5.74) is 5.82. The van der Waals surface area contributed by atoms with E-state index in [1.54, 1.807) is 0 Å². The van der Waals surface area contributed by atoms with Gasteiger partial charge >= 0.3 is 0 Å². The summed E-state index contributed by atoms with van der Waals surface area (Å²) in [6, 6.07) is 0. The number of aromatic nitrogens is 2. The molecule has 0 atom stereocenters. The van der Waals surface area contributed by atoms with Gasteiger partial charge in [0, 0.05) is 12.4 Å². The minimum absolute atomic E-state index is 0.144. The lowest BCUT2D eigenvalue weighted by Crippen LogP contribution is -2.12. The monoisotopic (exact) mass is 289 g/mol. The van der Waals surface area contributed by atoms with Gasteiger partial charge in [-0.15, -0.1) is 0 Å². The number of halogens is 1. The van der Waals surface area contributed by atoms with Crippen LogP contribution in [0.5, 0.6) is 0 Å². The first-order chi connectivity index (χ1) is 7.54. The first-order valence-electron chi connectivity index (χ1n) is 5.12. The summed E-state index contributed by atoms with van der Waals surface area (Å²) in [5, 5.41) is 0.720. The normalized spacial score (nSPS) is 9.38. The molecule has 0 fully saturated rings. The van der Waals surface area contributed by atoms with Crippen molar-refractivity contribution in [3.8, 4) is 0 Å². The molecule has 0 spiro atoms. The van der Waals surface area contributed by atoms with Crippen molar-refractivity contribution in [2.24, 2.45) is 0 Å². The number of alkyl halides is 1. The third kappa shape index (κ3) is 6.61. The minimum Gasteiger partial charge on any atom is -0.240 e. The minimum atomic E-state index is 0.144. The Bertz CT molecular complexity index is 270. The lowest BCUT2D eigenvalue weighted by Gasteiger charge is -2.17. The fourth-order valence-electron chi connectivity index (χ4n) is 0.811. The molecule has 0 saturated heterocycles. The van der Waals surface area contributed by atoms with Crippen molar-refractivity contribution >= 4 is 15.9 Å². The van der Waals surface area contributed by atoms with Gasteiger partial charge < -0.3 is 0 Å². The van der Waals surface area contributed by atoms with Gasteiger partial charge in [-0.1, -0.05) is 56.1 Å². The highest BCUT2D eigenvalue weighted by Gasteiger charge is 2.13. The molecule has 0 bridgehead atoms. The molecule has 0 unspecified atom stereocenters. The molecule has 92 valence electrons. The predicted molar refractivity (Wildman–Crippen MR) is 70.8 cm³/mol. The number of hydrogen-bond acceptors (Lipinski definition) is 4. The molecule has 16 heavy (non-hydrogen) atoms. The number of rotatable bonds is 1. The van der Waals surface area contributed by atoms with E-state index in [1.807, 2.05) is 26.2 Å². The second kappa shape index (κ2) is 9.39. The third-order valence-corrected chi connectivity index (χ3v) is 2.19. The first-order valence-corrected chi connectivity index (χ1v) is 6.24. The maximum absolute atomic E-state index is 7.50. The van der Waals surface area contributed by atoms with Gasteiger partial charge in [-0.2, -0.15) is 4.91 Å². The third-order valence-electron chi connectivity index (χ3n) is 1.69. The van der Waals surface area contributed by atoms with E-state index < -0.39 is 0 Å². The molecule has 0 radical (unpaired) electrons. The highest BCUT2D eigenvalue weighted by molar-refractivity contribution is 9.08. The summed E-state index contributed by atoms with van der Waals surface area (Å²) in [6.45, 7) is 10.5. The zero-order valence-corrected chi connectivity index (χ0v) is 12.1. The van der Waals surface area contributed by atoms with Gasteiger partial charge in [-0.3, -0.25) is 0 Å². The second-order valence-electron chi connectivity index (χ2n) is 3.77. The van der Waals surface area contributed by atoms with Crippen LogP contribution in [0, 0.1) is 10.5 Å². The summed E-state index contributed by atoms with van der Waals surface area (Å²) in [4.78, 5) is 15.9. The van der Waals surface area contributed by atoms with Gasteiger partial charge in [0.15, 0.2) is 0 Å². The van der Waals surface area contributed by atoms with E-state index in [0.29, 0.717) is 0 Å². The fraction of sp³-hybridized carbons (Fsp3) is 0.636. The van der Waals surface area contributed by atoms with Crippen LogP contribution in [0.25, 0.3) is 0 Å². The number of nitrogens with zero attached hydrogens (tertiary/aromatic N) is 2. The Morgan fingerprint density at radius 2 is 1.56 bits per heavy atom. The lowest BCUT2D eigenvalue weighted by atomic mass is 9.89. The van der Waals surface area contributed by atoms with Crippen LogP contribution in [-0.2, 0) is 10.7 Å². The Kier molecular flexibility index (Phi) is 10.3. The van der Waals surface area contributed by atoms with Crippen molar-refractivity contribution in [3.63, 3.8) is 0 Å². The maximum Gasteiger partial charge on any atom is 0.138 e. The van der Waals surface area contributed by atoms with E-state index in [1.165, 1.54) is 5.56 Å². The SMILES string of the molecule is CC.CC(C)(C)c1cnc(CBr)nc1.N=O. The molecule has 1 N–H and O–H groups in total. The van der Waals surface area contributed by atoms with Crippen LogP contribution < -0.4 is 0 Å². The molecule has 0 aliphatic heterocycles. The van der Waals surface area contributed by atoms with Crippen LogP contribution >= 0.6 is 15.9 Å². The van der Waals surface area contributed by atoms with Crippen LogP contribution in [0.4, 0.5) is 0 Å². The van der Waals surface area contributed by atoms with Crippen molar-refractivity contribution < 1.29 is 0 Å². The summed E-state index contributed by atoms with van der Waals surface area (Å²) in [5.74, 6) is 0.836. The molecule has 0 aromatic carbocycles. The number of nitroso groups, excluding NO2 is 1. The average Bonchev–Trinajstić information content (AvgIpc) is 2.33. The van der Waals surface area contributed by atoms with Crippen LogP contribution in [-0.4, -0.2) is 9.97 Å². The largest absolute Gasteiger partial charge is 0.240 e. The van der Waals surface area contributed by atoms with Crippen LogP contribution in [0.2, 0.25) is 0 Å². The van der Waals surface area contributed by atoms with Gasteiger partial charge in [-0.25, -0.2) is 9.97 Å². The van der Waals surface area contributed by atoms with Crippen LogP contribution in [0.15, 0.2) is 12.4 Å². The summed E-state index contributed by atoms with van der Waals surface area (Å²) in [6.07, 6.45) is 3.78.